The Labute approximate surface area is 138 Å². The molecule has 1 N–H and O–H groups in total. The van der Waals surface area contributed by atoms with Crippen molar-refractivity contribution in [3.63, 3.8) is 0 Å². The standard InChI is InChI=1S/C20H15NO3/c22-20(19-11-16-3-1-2-4-18(16)24-19)21-12-14-5-7-15(8-6-14)17-9-10-23-13-17/h1-11,13H,12H2,(H,21,22). The van der Waals surface area contributed by atoms with Crippen LogP contribution in [0.5, 0.6) is 0 Å². The first kappa shape index (κ1) is 14.3. The average molecular weight is 317 g/mol. The second kappa shape index (κ2) is 6.08. The van der Waals surface area contributed by atoms with Gasteiger partial charge in [0.1, 0.15) is 5.58 Å². The molecule has 0 spiro atoms. The molecule has 118 valence electrons. The zero-order chi connectivity index (χ0) is 16.4. The van der Waals surface area contributed by atoms with E-state index in [0.29, 0.717) is 17.9 Å². The SMILES string of the molecule is O=C(NCc1ccc(-c2ccoc2)cc1)c1cc2ccccc2o1. The summed E-state index contributed by atoms with van der Waals surface area (Å²) in [6.07, 6.45) is 3.36. The molecular weight excluding hydrogens is 302 g/mol. The van der Waals surface area contributed by atoms with Crippen molar-refractivity contribution in [3.05, 3.63) is 84.5 Å². The number of hydrogen-bond acceptors (Lipinski definition) is 3. The summed E-state index contributed by atoms with van der Waals surface area (Å²) >= 11 is 0. The van der Waals surface area contributed by atoms with E-state index >= 15 is 0 Å². The second-order valence-electron chi connectivity index (χ2n) is 5.54. The molecule has 24 heavy (non-hydrogen) atoms. The second-order valence-corrected chi connectivity index (χ2v) is 5.54. The number of amides is 1. The van der Waals surface area contributed by atoms with Gasteiger partial charge in [0.2, 0.25) is 0 Å². The molecule has 0 unspecified atom stereocenters. The van der Waals surface area contributed by atoms with E-state index in [1.54, 1.807) is 18.6 Å². The van der Waals surface area contributed by atoms with Gasteiger partial charge < -0.3 is 14.2 Å². The monoisotopic (exact) mass is 317 g/mol. The predicted octanol–water partition coefficient (Wildman–Crippen LogP) is 4.62. The van der Waals surface area contributed by atoms with Crippen molar-refractivity contribution in [3.8, 4) is 11.1 Å². The highest BCUT2D eigenvalue weighted by Crippen LogP contribution is 2.21. The fourth-order valence-corrected chi connectivity index (χ4v) is 2.61. The van der Waals surface area contributed by atoms with Gasteiger partial charge in [-0.2, -0.15) is 0 Å². The Morgan fingerprint density at radius 2 is 1.79 bits per heavy atom. The van der Waals surface area contributed by atoms with Crippen LogP contribution in [0, 0.1) is 0 Å². The van der Waals surface area contributed by atoms with Crippen LogP contribution in [0.1, 0.15) is 16.1 Å². The maximum Gasteiger partial charge on any atom is 0.287 e. The Kier molecular flexibility index (Phi) is 3.63. The topological polar surface area (TPSA) is 55.4 Å². The maximum absolute atomic E-state index is 12.2. The fraction of sp³-hybridized carbons (Fsp3) is 0.0500. The van der Waals surface area contributed by atoms with Crippen LogP contribution in [0.15, 0.2) is 82.0 Å². The molecule has 0 saturated heterocycles. The van der Waals surface area contributed by atoms with Crippen molar-refractivity contribution in [2.45, 2.75) is 6.54 Å². The number of carbonyl (C=O) groups is 1. The molecule has 0 bridgehead atoms. The first-order valence-corrected chi connectivity index (χ1v) is 7.68. The first-order valence-electron chi connectivity index (χ1n) is 7.68. The first-order chi connectivity index (χ1) is 11.8. The minimum atomic E-state index is -0.217. The maximum atomic E-state index is 12.2. The number of carbonyl (C=O) groups excluding carboxylic acids is 1. The lowest BCUT2D eigenvalue weighted by atomic mass is 10.1. The minimum Gasteiger partial charge on any atom is -0.472 e. The van der Waals surface area contributed by atoms with Gasteiger partial charge in [-0.25, -0.2) is 0 Å². The molecular formula is C20H15NO3. The van der Waals surface area contributed by atoms with Crippen LogP contribution in [-0.2, 0) is 6.54 Å². The molecule has 0 aliphatic rings. The zero-order valence-corrected chi connectivity index (χ0v) is 12.9. The van der Waals surface area contributed by atoms with Gasteiger partial charge in [0.05, 0.1) is 12.5 Å². The predicted molar refractivity (Wildman–Crippen MR) is 91.5 cm³/mol. The van der Waals surface area contributed by atoms with Crippen molar-refractivity contribution in [1.82, 2.24) is 5.32 Å². The number of para-hydroxylation sites is 1. The van der Waals surface area contributed by atoms with Crippen molar-refractivity contribution < 1.29 is 13.6 Å². The molecule has 0 atom stereocenters. The van der Waals surface area contributed by atoms with Gasteiger partial charge >= 0.3 is 0 Å². The number of hydrogen-bond donors (Lipinski definition) is 1. The smallest absolute Gasteiger partial charge is 0.287 e. The molecule has 4 heteroatoms. The number of rotatable bonds is 4. The molecule has 4 nitrogen and oxygen atoms in total. The number of benzene rings is 2. The summed E-state index contributed by atoms with van der Waals surface area (Å²) in [6, 6.07) is 19.2. The zero-order valence-electron chi connectivity index (χ0n) is 12.9. The molecule has 2 heterocycles. The van der Waals surface area contributed by atoms with E-state index in [-0.39, 0.29) is 5.91 Å². The summed E-state index contributed by atoms with van der Waals surface area (Å²) in [6.45, 7) is 0.446. The van der Waals surface area contributed by atoms with Crippen LogP contribution in [-0.4, -0.2) is 5.91 Å². The van der Waals surface area contributed by atoms with E-state index in [4.69, 9.17) is 8.83 Å². The van der Waals surface area contributed by atoms with Crippen molar-refractivity contribution in [2.24, 2.45) is 0 Å². The third kappa shape index (κ3) is 2.82. The summed E-state index contributed by atoms with van der Waals surface area (Å²) in [5, 5.41) is 3.80. The van der Waals surface area contributed by atoms with E-state index in [9.17, 15) is 4.79 Å². The third-order valence-corrected chi connectivity index (χ3v) is 3.91. The Balaban J connectivity index is 1.43. The summed E-state index contributed by atoms with van der Waals surface area (Å²) in [4.78, 5) is 12.2. The Bertz CT molecular complexity index is 933. The summed E-state index contributed by atoms with van der Waals surface area (Å²) in [5.74, 6) is 0.108. The van der Waals surface area contributed by atoms with Crippen molar-refractivity contribution in [2.75, 3.05) is 0 Å². The Morgan fingerprint density at radius 3 is 2.54 bits per heavy atom. The highest BCUT2D eigenvalue weighted by Gasteiger charge is 2.11. The highest BCUT2D eigenvalue weighted by molar-refractivity contribution is 5.96. The summed E-state index contributed by atoms with van der Waals surface area (Å²) < 4.78 is 10.6. The van der Waals surface area contributed by atoms with Gasteiger partial charge in [0.15, 0.2) is 5.76 Å². The van der Waals surface area contributed by atoms with Crippen LogP contribution >= 0.6 is 0 Å². The molecule has 2 aromatic carbocycles. The minimum absolute atomic E-state index is 0.217. The van der Waals surface area contributed by atoms with E-state index in [0.717, 1.165) is 22.1 Å². The van der Waals surface area contributed by atoms with Crippen LogP contribution in [0.2, 0.25) is 0 Å². The average Bonchev–Trinajstić information content (AvgIpc) is 3.29. The van der Waals surface area contributed by atoms with Crippen LogP contribution in [0.25, 0.3) is 22.1 Å². The van der Waals surface area contributed by atoms with Crippen LogP contribution in [0.3, 0.4) is 0 Å². The Hall–Kier alpha value is -3.27. The van der Waals surface area contributed by atoms with Gasteiger partial charge in [-0.15, -0.1) is 0 Å². The van der Waals surface area contributed by atoms with Crippen LogP contribution < -0.4 is 5.32 Å². The largest absolute Gasteiger partial charge is 0.472 e. The van der Waals surface area contributed by atoms with Crippen LogP contribution in [0.4, 0.5) is 0 Å². The number of nitrogens with one attached hydrogen (secondary N) is 1. The van der Waals surface area contributed by atoms with E-state index in [1.165, 1.54) is 0 Å². The summed E-state index contributed by atoms with van der Waals surface area (Å²) in [7, 11) is 0. The quantitative estimate of drug-likeness (QED) is 0.597. The normalized spacial score (nSPS) is 10.8. The van der Waals surface area contributed by atoms with E-state index in [1.807, 2.05) is 54.6 Å². The molecule has 0 aliphatic carbocycles. The molecule has 4 aromatic rings. The molecule has 2 aromatic heterocycles. The lowest BCUT2D eigenvalue weighted by Crippen LogP contribution is -2.22. The third-order valence-electron chi connectivity index (χ3n) is 3.91. The molecule has 0 aliphatic heterocycles. The van der Waals surface area contributed by atoms with Gasteiger partial charge in [-0.1, -0.05) is 42.5 Å². The fourth-order valence-electron chi connectivity index (χ4n) is 2.61. The van der Waals surface area contributed by atoms with Crippen molar-refractivity contribution >= 4 is 16.9 Å². The number of furan rings is 2. The number of fused-ring (bicyclic) bond motifs is 1. The lowest BCUT2D eigenvalue weighted by Gasteiger charge is -2.04. The Morgan fingerprint density at radius 1 is 0.958 bits per heavy atom. The molecule has 1 amide bonds. The molecule has 0 radical (unpaired) electrons. The van der Waals surface area contributed by atoms with Gasteiger partial charge in [-0.3, -0.25) is 4.79 Å². The van der Waals surface area contributed by atoms with Crippen molar-refractivity contribution in [1.29, 1.82) is 0 Å². The van der Waals surface area contributed by atoms with Gasteiger partial charge in [0, 0.05) is 17.5 Å². The highest BCUT2D eigenvalue weighted by atomic mass is 16.3. The van der Waals surface area contributed by atoms with Gasteiger partial charge in [0.25, 0.3) is 5.91 Å². The molecule has 0 saturated carbocycles. The molecule has 0 fully saturated rings. The lowest BCUT2D eigenvalue weighted by molar-refractivity contribution is 0.0925. The van der Waals surface area contributed by atoms with E-state index < -0.39 is 0 Å². The molecule has 4 rings (SSSR count). The van der Waals surface area contributed by atoms with Gasteiger partial charge in [-0.05, 0) is 29.3 Å². The van der Waals surface area contributed by atoms with E-state index in [2.05, 4.69) is 5.32 Å². The summed E-state index contributed by atoms with van der Waals surface area (Å²) in [5.41, 5.74) is 3.85.